The highest BCUT2D eigenvalue weighted by molar-refractivity contribution is 9.10. The molecule has 0 aromatic heterocycles. The molecule has 1 N–H and O–H groups in total. The van der Waals surface area contributed by atoms with E-state index in [0.717, 1.165) is 31.7 Å². The first-order valence-corrected chi connectivity index (χ1v) is 12.0. The van der Waals surface area contributed by atoms with Crippen molar-refractivity contribution in [2.75, 3.05) is 17.1 Å². The number of carbonyl (C=O) groups excluding carboxylic acids is 1. The van der Waals surface area contributed by atoms with Gasteiger partial charge in [0.05, 0.1) is 18.0 Å². The SMILES string of the molecule is Cc1ccc([C@H](NC(=O)CN(c2ccc(Br)cc2)S(C)(=O)=O)c2ccccc2)cc1. The minimum Gasteiger partial charge on any atom is -0.344 e. The highest BCUT2D eigenvalue weighted by Crippen LogP contribution is 2.24. The van der Waals surface area contributed by atoms with Gasteiger partial charge in [-0.05, 0) is 42.3 Å². The molecule has 0 aliphatic heterocycles. The van der Waals surface area contributed by atoms with E-state index in [1.807, 2.05) is 61.5 Å². The van der Waals surface area contributed by atoms with E-state index in [2.05, 4.69) is 21.2 Å². The fourth-order valence-electron chi connectivity index (χ4n) is 3.11. The number of amides is 1. The first-order chi connectivity index (χ1) is 14.2. The van der Waals surface area contributed by atoms with Gasteiger partial charge < -0.3 is 5.32 Å². The minimum atomic E-state index is -3.64. The second-order valence-electron chi connectivity index (χ2n) is 7.07. The second-order valence-corrected chi connectivity index (χ2v) is 9.89. The summed E-state index contributed by atoms with van der Waals surface area (Å²) >= 11 is 3.34. The molecule has 0 fully saturated rings. The van der Waals surface area contributed by atoms with E-state index in [1.165, 1.54) is 0 Å². The molecular formula is C23H23BrN2O3S. The fraction of sp³-hybridized carbons (Fsp3) is 0.174. The molecular weight excluding hydrogens is 464 g/mol. The van der Waals surface area contributed by atoms with Gasteiger partial charge in [0.15, 0.2) is 0 Å². The Morgan fingerprint density at radius 3 is 2.07 bits per heavy atom. The molecule has 0 unspecified atom stereocenters. The highest BCUT2D eigenvalue weighted by atomic mass is 79.9. The van der Waals surface area contributed by atoms with Crippen LogP contribution in [-0.4, -0.2) is 27.1 Å². The Kier molecular flexibility index (Phi) is 6.95. The predicted octanol–water partition coefficient (Wildman–Crippen LogP) is 4.43. The van der Waals surface area contributed by atoms with Crippen molar-refractivity contribution in [2.45, 2.75) is 13.0 Å². The summed E-state index contributed by atoms with van der Waals surface area (Å²) in [5.74, 6) is -0.391. The average molecular weight is 487 g/mol. The van der Waals surface area contributed by atoms with Gasteiger partial charge in [0.1, 0.15) is 6.54 Å². The maximum absolute atomic E-state index is 12.9. The Hall–Kier alpha value is -2.64. The summed E-state index contributed by atoms with van der Waals surface area (Å²) in [6.45, 7) is 1.69. The number of nitrogens with one attached hydrogen (secondary N) is 1. The quantitative estimate of drug-likeness (QED) is 0.536. The smallest absolute Gasteiger partial charge is 0.241 e. The van der Waals surface area contributed by atoms with Crippen LogP contribution in [0.5, 0.6) is 0 Å². The molecule has 0 aliphatic rings. The standard InChI is InChI=1S/C23H23BrN2O3S/c1-17-8-10-19(11-9-17)23(18-6-4-3-5-7-18)25-22(27)16-26(30(2,28)29)21-14-12-20(24)13-15-21/h3-15,23H,16H2,1-2H3,(H,25,27)/t23-/m1/s1. The minimum absolute atomic E-state index is 0.310. The van der Waals surface area contributed by atoms with Crippen LogP contribution in [0, 0.1) is 6.92 Å². The highest BCUT2D eigenvalue weighted by Gasteiger charge is 2.23. The van der Waals surface area contributed by atoms with Gasteiger partial charge in [0.25, 0.3) is 0 Å². The summed E-state index contributed by atoms with van der Waals surface area (Å²) in [7, 11) is -3.64. The number of halogens is 1. The van der Waals surface area contributed by atoms with Crippen LogP contribution in [0.2, 0.25) is 0 Å². The molecule has 0 saturated carbocycles. The molecule has 0 saturated heterocycles. The van der Waals surface area contributed by atoms with Crippen molar-refractivity contribution >= 4 is 37.5 Å². The Bertz CT molecular complexity index is 1100. The molecule has 0 radical (unpaired) electrons. The molecule has 3 aromatic rings. The van der Waals surface area contributed by atoms with Crippen LogP contribution >= 0.6 is 15.9 Å². The van der Waals surface area contributed by atoms with E-state index in [0.29, 0.717) is 5.69 Å². The van der Waals surface area contributed by atoms with E-state index in [4.69, 9.17) is 0 Å². The van der Waals surface area contributed by atoms with Crippen LogP contribution in [0.4, 0.5) is 5.69 Å². The van der Waals surface area contributed by atoms with Crippen molar-refractivity contribution in [3.05, 3.63) is 100 Å². The van der Waals surface area contributed by atoms with Gasteiger partial charge in [0, 0.05) is 4.47 Å². The number of hydrogen-bond acceptors (Lipinski definition) is 3. The van der Waals surface area contributed by atoms with Crippen LogP contribution in [0.25, 0.3) is 0 Å². The Balaban J connectivity index is 1.87. The summed E-state index contributed by atoms with van der Waals surface area (Å²) in [5, 5.41) is 3.00. The van der Waals surface area contributed by atoms with Gasteiger partial charge in [-0.1, -0.05) is 76.1 Å². The van der Waals surface area contributed by atoms with Crippen LogP contribution < -0.4 is 9.62 Å². The maximum Gasteiger partial charge on any atom is 0.241 e. The van der Waals surface area contributed by atoms with Crippen LogP contribution in [-0.2, 0) is 14.8 Å². The first-order valence-electron chi connectivity index (χ1n) is 9.38. The van der Waals surface area contributed by atoms with Gasteiger partial charge in [-0.15, -0.1) is 0 Å². The van der Waals surface area contributed by atoms with Crippen LogP contribution in [0.15, 0.2) is 83.3 Å². The number of carbonyl (C=O) groups is 1. The Labute approximate surface area is 185 Å². The van der Waals surface area contributed by atoms with Crippen molar-refractivity contribution < 1.29 is 13.2 Å². The predicted molar refractivity (Wildman–Crippen MR) is 124 cm³/mol. The fourth-order valence-corrected chi connectivity index (χ4v) is 4.23. The molecule has 5 nitrogen and oxygen atoms in total. The van der Waals surface area contributed by atoms with E-state index in [-0.39, 0.29) is 12.6 Å². The monoisotopic (exact) mass is 486 g/mol. The van der Waals surface area contributed by atoms with Gasteiger partial charge in [-0.2, -0.15) is 0 Å². The van der Waals surface area contributed by atoms with Gasteiger partial charge in [-0.25, -0.2) is 8.42 Å². The number of anilines is 1. The molecule has 0 spiro atoms. The van der Waals surface area contributed by atoms with Crippen LogP contribution in [0.1, 0.15) is 22.7 Å². The molecule has 0 aliphatic carbocycles. The van der Waals surface area contributed by atoms with Crippen molar-refractivity contribution in [3.63, 3.8) is 0 Å². The molecule has 1 atom stereocenters. The zero-order valence-corrected chi connectivity index (χ0v) is 19.2. The lowest BCUT2D eigenvalue weighted by atomic mass is 9.98. The number of rotatable bonds is 7. The summed E-state index contributed by atoms with van der Waals surface area (Å²) < 4.78 is 26.6. The number of nitrogens with zero attached hydrogens (tertiary/aromatic N) is 1. The van der Waals surface area contributed by atoms with Gasteiger partial charge in [0.2, 0.25) is 15.9 Å². The summed E-state index contributed by atoms with van der Waals surface area (Å²) in [4.78, 5) is 12.9. The van der Waals surface area contributed by atoms with E-state index >= 15 is 0 Å². The molecule has 1 amide bonds. The van der Waals surface area contributed by atoms with Gasteiger partial charge in [-0.3, -0.25) is 9.10 Å². The third-order valence-corrected chi connectivity index (χ3v) is 6.32. The number of benzene rings is 3. The number of sulfonamides is 1. The lowest BCUT2D eigenvalue weighted by Gasteiger charge is -2.25. The third-order valence-electron chi connectivity index (χ3n) is 4.65. The Morgan fingerprint density at radius 2 is 1.50 bits per heavy atom. The zero-order valence-electron chi connectivity index (χ0n) is 16.7. The molecule has 0 heterocycles. The van der Waals surface area contributed by atoms with E-state index < -0.39 is 15.9 Å². The van der Waals surface area contributed by atoms with Crippen molar-refractivity contribution in [2.24, 2.45) is 0 Å². The molecule has 30 heavy (non-hydrogen) atoms. The average Bonchev–Trinajstić information content (AvgIpc) is 2.72. The molecule has 156 valence electrons. The Morgan fingerprint density at radius 1 is 0.933 bits per heavy atom. The topological polar surface area (TPSA) is 66.5 Å². The lowest BCUT2D eigenvalue weighted by molar-refractivity contribution is -0.120. The van der Waals surface area contributed by atoms with Crippen LogP contribution in [0.3, 0.4) is 0 Å². The summed E-state index contributed by atoms with van der Waals surface area (Å²) in [6.07, 6.45) is 1.09. The number of hydrogen-bond donors (Lipinski definition) is 1. The van der Waals surface area contributed by atoms with Crippen molar-refractivity contribution in [3.8, 4) is 0 Å². The summed E-state index contributed by atoms with van der Waals surface area (Å²) in [6, 6.07) is 23.9. The molecule has 7 heteroatoms. The van der Waals surface area contributed by atoms with E-state index in [9.17, 15) is 13.2 Å². The largest absolute Gasteiger partial charge is 0.344 e. The van der Waals surface area contributed by atoms with Crippen molar-refractivity contribution in [1.29, 1.82) is 0 Å². The maximum atomic E-state index is 12.9. The van der Waals surface area contributed by atoms with Gasteiger partial charge >= 0.3 is 0 Å². The summed E-state index contributed by atoms with van der Waals surface area (Å²) in [5.41, 5.74) is 3.40. The molecule has 3 rings (SSSR count). The third kappa shape index (κ3) is 5.70. The first kappa shape index (κ1) is 22.1. The molecule has 3 aromatic carbocycles. The number of aryl methyl sites for hydroxylation is 1. The zero-order chi connectivity index (χ0) is 21.7. The van der Waals surface area contributed by atoms with E-state index in [1.54, 1.807) is 24.3 Å². The molecule has 0 bridgehead atoms. The normalized spacial score (nSPS) is 12.2. The second kappa shape index (κ2) is 9.45. The lowest BCUT2D eigenvalue weighted by Crippen LogP contribution is -2.41. The van der Waals surface area contributed by atoms with Crippen molar-refractivity contribution in [1.82, 2.24) is 5.32 Å².